The minimum absolute atomic E-state index is 0.0256. The molecule has 0 saturated carbocycles. The second-order valence-corrected chi connectivity index (χ2v) is 9.36. The largest absolute Gasteiger partial charge is 0.417 e. The van der Waals surface area contributed by atoms with Gasteiger partial charge in [0.25, 0.3) is 0 Å². The van der Waals surface area contributed by atoms with Crippen LogP contribution >= 0.6 is 23.8 Å². The van der Waals surface area contributed by atoms with Crippen molar-refractivity contribution in [1.82, 2.24) is 4.90 Å². The molecule has 3 aromatic carbocycles. The van der Waals surface area contributed by atoms with Crippen LogP contribution in [0.1, 0.15) is 35.2 Å². The molecule has 1 heterocycles. The van der Waals surface area contributed by atoms with Crippen molar-refractivity contribution in [3.8, 4) is 6.07 Å². The maximum atomic E-state index is 13.7. The van der Waals surface area contributed by atoms with Gasteiger partial charge < -0.3 is 4.90 Å². The third-order valence-corrected chi connectivity index (χ3v) is 6.92. The Morgan fingerprint density at radius 2 is 1.78 bits per heavy atom. The predicted octanol–water partition coefficient (Wildman–Crippen LogP) is 6.78. The molecule has 2 atom stereocenters. The molecule has 0 N–H and O–H groups in total. The van der Waals surface area contributed by atoms with Gasteiger partial charge in [0.1, 0.15) is 0 Å². The minimum Gasteiger partial charge on any atom is -0.341 e. The summed E-state index contributed by atoms with van der Waals surface area (Å²) in [5.74, 6) is -0.974. The molecule has 1 saturated heterocycles. The Labute approximate surface area is 217 Å². The highest BCUT2D eigenvalue weighted by Gasteiger charge is 2.41. The Balaban J connectivity index is 1.77. The maximum Gasteiger partial charge on any atom is 0.417 e. The van der Waals surface area contributed by atoms with Crippen molar-refractivity contribution < 1.29 is 18.0 Å². The van der Waals surface area contributed by atoms with Gasteiger partial charge in [-0.1, -0.05) is 54.1 Å². The molecular formula is C27H21ClF3N3OS. The van der Waals surface area contributed by atoms with Gasteiger partial charge in [0.15, 0.2) is 5.11 Å². The monoisotopic (exact) mass is 527 g/mol. The summed E-state index contributed by atoms with van der Waals surface area (Å²) in [7, 11) is 0. The molecule has 9 heteroatoms. The first kappa shape index (κ1) is 25.7. The fraction of sp³-hybridized carbons (Fsp3) is 0.222. The van der Waals surface area contributed by atoms with Crippen LogP contribution in [0.5, 0.6) is 0 Å². The lowest BCUT2D eigenvalue weighted by atomic mass is 9.93. The van der Waals surface area contributed by atoms with E-state index < -0.39 is 29.1 Å². The molecule has 1 amide bonds. The number of carbonyl (C=O) groups excluding carboxylic acids is 1. The van der Waals surface area contributed by atoms with Gasteiger partial charge in [0.2, 0.25) is 5.91 Å². The highest BCUT2D eigenvalue weighted by atomic mass is 35.5. The summed E-state index contributed by atoms with van der Waals surface area (Å²) >= 11 is 11.7. The molecular weight excluding hydrogens is 507 g/mol. The van der Waals surface area contributed by atoms with Crippen LogP contribution in [-0.2, 0) is 17.4 Å². The Bertz CT molecular complexity index is 1320. The van der Waals surface area contributed by atoms with Crippen molar-refractivity contribution in [1.29, 1.82) is 5.26 Å². The van der Waals surface area contributed by atoms with Crippen LogP contribution in [0.2, 0.25) is 5.02 Å². The topological polar surface area (TPSA) is 47.3 Å². The first-order valence-corrected chi connectivity index (χ1v) is 11.9. The molecule has 0 radical (unpaired) electrons. The predicted molar refractivity (Wildman–Crippen MR) is 136 cm³/mol. The summed E-state index contributed by atoms with van der Waals surface area (Å²) in [4.78, 5) is 16.7. The van der Waals surface area contributed by atoms with Crippen LogP contribution in [0.3, 0.4) is 0 Å². The van der Waals surface area contributed by atoms with E-state index in [0.717, 1.165) is 28.2 Å². The average molecular weight is 528 g/mol. The van der Waals surface area contributed by atoms with Crippen LogP contribution in [0, 0.1) is 17.2 Å². The maximum absolute atomic E-state index is 13.7. The van der Waals surface area contributed by atoms with Gasteiger partial charge in [-0.25, -0.2) is 0 Å². The van der Waals surface area contributed by atoms with E-state index in [9.17, 15) is 23.2 Å². The number of hydrogen-bond acceptors (Lipinski definition) is 3. The van der Waals surface area contributed by atoms with Crippen molar-refractivity contribution in [3.63, 3.8) is 0 Å². The highest BCUT2D eigenvalue weighted by molar-refractivity contribution is 7.80. The zero-order valence-corrected chi connectivity index (χ0v) is 20.7. The minimum atomic E-state index is -4.76. The number of rotatable bonds is 5. The van der Waals surface area contributed by atoms with E-state index in [2.05, 4.69) is 0 Å². The quantitative estimate of drug-likeness (QED) is 0.343. The lowest BCUT2D eigenvalue weighted by Crippen LogP contribution is -2.58. The Hall–Kier alpha value is -3.41. The van der Waals surface area contributed by atoms with Gasteiger partial charge in [0, 0.05) is 11.6 Å². The van der Waals surface area contributed by atoms with Gasteiger partial charge >= 0.3 is 6.18 Å². The number of benzene rings is 3. The number of carbonyl (C=O) groups is 1. The molecule has 0 aromatic heterocycles. The molecule has 1 fully saturated rings. The van der Waals surface area contributed by atoms with E-state index in [4.69, 9.17) is 23.8 Å². The van der Waals surface area contributed by atoms with E-state index >= 15 is 0 Å². The average Bonchev–Trinajstić information content (AvgIpc) is 2.86. The first-order chi connectivity index (χ1) is 17.1. The van der Waals surface area contributed by atoms with Crippen molar-refractivity contribution in [2.24, 2.45) is 5.92 Å². The van der Waals surface area contributed by atoms with E-state index in [0.29, 0.717) is 18.0 Å². The first-order valence-electron chi connectivity index (χ1n) is 11.2. The van der Waals surface area contributed by atoms with E-state index in [-0.39, 0.29) is 16.8 Å². The number of nitrogens with zero attached hydrogens (tertiary/aromatic N) is 3. The van der Waals surface area contributed by atoms with E-state index in [1.807, 2.05) is 54.3 Å². The van der Waals surface area contributed by atoms with Crippen molar-refractivity contribution >= 4 is 40.5 Å². The Kier molecular flexibility index (Phi) is 7.34. The SMILES string of the molecule is C[C@H](c1ccccc1)N1C[C@H](Cc2ccc(Cl)cc2)C(=O)N(c2ccc(C#N)c(C(F)(F)F)c2)C1=S. The molecule has 36 heavy (non-hydrogen) atoms. The fourth-order valence-corrected chi connectivity index (χ4v) is 4.89. The number of alkyl halides is 3. The van der Waals surface area contributed by atoms with Crippen molar-refractivity contribution in [2.45, 2.75) is 25.6 Å². The van der Waals surface area contributed by atoms with Crippen LogP contribution < -0.4 is 4.90 Å². The molecule has 0 spiro atoms. The standard InChI is InChI=1S/C27H21ClF3N3OS/c1-17(19-5-3-2-4-6-19)33-16-21(13-18-7-10-22(28)11-8-18)25(35)34(26(33)36)23-12-9-20(15-32)24(14-23)27(29,30)31/h2-12,14,17,21H,13,16H2,1H3/t17-,21+/m1/s1. The second-order valence-electron chi connectivity index (χ2n) is 8.56. The zero-order valence-electron chi connectivity index (χ0n) is 19.2. The smallest absolute Gasteiger partial charge is 0.341 e. The zero-order chi connectivity index (χ0) is 26.0. The summed E-state index contributed by atoms with van der Waals surface area (Å²) in [5.41, 5.74) is 0.167. The molecule has 0 bridgehead atoms. The summed E-state index contributed by atoms with van der Waals surface area (Å²) in [6, 6.07) is 21.2. The van der Waals surface area contributed by atoms with Gasteiger partial charge in [-0.3, -0.25) is 9.69 Å². The Morgan fingerprint density at radius 3 is 2.39 bits per heavy atom. The van der Waals surface area contributed by atoms with Gasteiger partial charge in [-0.2, -0.15) is 18.4 Å². The molecule has 4 nitrogen and oxygen atoms in total. The molecule has 3 aromatic rings. The molecule has 0 aliphatic carbocycles. The van der Waals surface area contributed by atoms with Crippen LogP contribution in [0.25, 0.3) is 0 Å². The molecule has 0 unspecified atom stereocenters. The summed E-state index contributed by atoms with van der Waals surface area (Å²) in [5, 5.41) is 9.86. The van der Waals surface area contributed by atoms with Crippen molar-refractivity contribution in [2.75, 3.05) is 11.4 Å². The second kappa shape index (κ2) is 10.3. The van der Waals surface area contributed by atoms with E-state index in [1.165, 1.54) is 6.07 Å². The van der Waals surface area contributed by atoms with Gasteiger partial charge in [0.05, 0.1) is 34.8 Å². The number of nitriles is 1. The van der Waals surface area contributed by atoms with Gasteiger partial charge in [-0.05, 0) is 67.0 Å². The fourth-order valence-electron chi connectivity index (χ4n) is 4.33. The summed E-state index contributed by atoms with van der Waals surface area (Å²) in [6.07, 6.45) is -4.41. The highest BCUT2D eigenvalue weighted by Crippen LogP contribution is 2.37. The van der Waals surface area contributed by atoms with Crippen molar-refractivity contribution in [3.05, 3.63) is 100 Å². The summed E-state index contributed by atoms with van der Waals surface area (Å²) in [6.45, 7) is 2.24. The van der Waals surface area contributed by atoms with Crippen LogP contribution in [0.15, 0.2) is 72.8 Å². The Morgan fingerprint density at radius 1 is 1.11 bits per heavy atom. The molecule has 4 rings (SSSR count). The molecule has 1 aliphatic heterocycles. The summed E-state index contributed by atoms with van der Waals surface area (Å²) < 4.78 is 41.1. The number of thiocarbonyl (C=S) groups is 1. The number of anilines is 1. The lowest BCUT2D eigenvalue weighted by Gasteiger charge is -2.44. The number of halogens is 4. The van der Waals surface area contributed by atoms with Crippen LogP contribution in [-0.4, -0.2) is 22.5 Å². The van der Waals surface area contributed by atoms with Crippen LogP contribution in [0.4, 0.5) is 18.9 Å². The van der Waals surface area contributed by atoms with Gasteiger partial charge in [-0.15, -0.1) is 0 Å². The third kappa shape index (κ3) is 5.23. The normalized spacial score (nSPS) is 17.2. The van der Waals surface area contributed by atoms with E-state index in [1.54, 1.807) is 18.2 Å². The number of hydrogen-bond donors (Lipinski definition) is 0. The molecule has 184 valence electrons. The molecule has 1 aliphatic rings. The lowest BCUT2D eigenvalue weighted by molar-refractivity contribution is -0.137. The third-order valence-electron chi connectivity index (χ3n) is 6.26. The number of amides is 1.